The predicted molar refractivity (Wildman–Crippen MR) is 217 cm³/mol. The number of hydrogen-bond acceptors (Lipinski definition) is 4. The molecule has 0 saturated carbocycles. The molecule has 2 aliphatic carbocycles. The normalized spacial score (nSPS) is 16.3. The zero-order valence-corrected chi connectivity index (χ0v) is 29.6. The Morgan fingerprint density at radius 1 is 0.528 bits per heavy atom. The van der Waals surface area contributed by atoms with Crippen molar-refractivity contribution in [3.05, 3.63) is 168 Å². The molecular formula is C49H36N2O2. The maximum atomic E-state index is 10.2. The maximum Gasteiger partial charge on any atom is 0.228 e. The second-order valence-electron chi connectivity index (χ2n) is 15.1. The average Bonchev–Trinajstić information content (AvgIpc) is 3.96. The summed E-state index contributed by atoms with van der Waals surface area (Å²) in [6, 6.07) is 34.9. The van der Waals surface area contributed by atoms with Crippen molar-refractivity contribution in [3.8, 4) is 33.7 Å². The highest BCUT2D eigenvalue weighted by molar-refractivity contribution is 6.13. The molecule has 254 valence electrons. The molecule has 2 heterocycles. The summed E-state index contributed by atoms with van der Waals surface area (Å²) in [5.41, 5.74) is 11.3. The fourth-order valence-electron chi connectivity index (χ4n) is 8.79. The highest BCUT2D eigenvalue weighted by atomic mass is 16.3. The van der Waals surface area contributed by atoms with E-state index in [4.69, 9.17) is 19.3 Å². The van der Waals surface area contributed by atoms with Crippen LogP contribution in [0.1, 0.15) is 58.2 Å². The molecule has 0 aliphatic heterocycles. The van der Waals surface area contributed by atoms with Crippen molar-refractivity contribution in [1.29, 1.82) is 0 Å². The lowest BCUT2D eigenvalue weighted by Gasteiger charge is -2.30. The fourth-order valence-corrected chi connectivity index (χ4v) is 8.79. The molecule has 9 aromatic rings. The third kappa shape index (κ3) is 4.21. The Labute approximate surface area is 316 Å². The number of hydrogen-bond donors (Lipinski definition) is 0. The van der Waals surface area contributed by atoms with Gasteiger partial charge in [-0.15, -0.1) is 0 Å². The Hall–Kier alpha value is -6.39. The van der Waals surface area contributed by atoms with E-state index in [0.717, 1.165) is 33.6 Å². The molecule has 2 aliphatic rings. The minimum absolute atomic E-state index is 0.00282. The molecule has 53 heavy (non-hydrogen) atoms. The van der Waals surface area contributed by atoms with E-state index in [9.17, 15) is 2.74 Å². The van der Waals surface area contributed by atoms with Gasteiger partial charge in [0.1, 0.15) is 16.7 Å². The molecule has 0 unspecified atom stereocenters. The molecule has 11 rings (SSSR count). The summed E-state index contributed by atoms with van der Waals surface area (Å²) in [6.45, 7) is 8.88. The zero-order valence-electron chi connectivity index (χ0n) is 35.6. The van der Waals surface area contributed by atoms with Crippen LogP contribution in [0, 0.1) is 0 Å². The monoisotopic (exact) mass is 690 g/mol. The van der Waals surface area contributed by atoms with Crippen LogP contribution in [0.25, 0.3) is 66.7 Å². The number of fused-ring (bicyclic) bond motifs is 10. The van der Waals surface area contributed by atoms with Gasteiger partial charge in [0.15, 0.2) is 5.58 Å². The van der Waals surface area contributed by atoms with Gasteiger partial charge < -0.3 is 13.7 Å². The summed E-state index contributed by atoms with van der Waals surface area (Å²) in [5.74, 6) is 0.0774. The standard InChI is InChI=1S/C49H36N2O2/c1-48(2)38-16-8-5-13-32(38)34-23-21-29(26-40(34)48)51(30-22-24-35-33-14-6-9-17-39(33)49(3,4)41(35)27-30)31-25-37(47-50-42-18-10-12-20-44(42)53-47)46-36-15-7-11-19-43(36)52-45(46)28-31/h5-28H,1-4H3/i7D,11D,15D,19D,25D,28D. The zero-order chi connectivity index (χ0) is 40.9. The Balaban J connectivity index is 1.26. The Morgan fingerprint density at radius 2 is 1.11 bits per heavy atom. The van der Waals surface area contributed by atoms with Crippen LogP contribution < -0.4 is 4.90 Å². The third-order valence-electron chi connectivity index (χ3n) is 11.4. The minimum atomic E-state index is -0.451. The van der Waals surface area contributed by atoms with Crippen LogP contribution in [0.2, 0.25) is 0 Å². The molecule has 0 radical (unpaired) electrons. The number of aromatic nitrogens is 1. The van der Waals surface area contributed by atoms with Crippen LogP contribution in [-0.2, 0) is 10.8 Å². The Morgan fingerprint density at radius 3 is 1.77 bits per heavy atom. The summed E-state index contributed by atoms with van der Waals surface area (Å²) in [7, 11) is 0. The molecule has 4 heteroatoms. The van der Waals surface area contributed by atoms with Gasteiger partial charge in [-0.1, -0.05) is 119 Å². The van der Waals surface area contributed by atoms with E-state index in [-0.39, 0.29) is 74.1 Å². The molecule has 4 nitrogen and oxygen atoms in total. The van der Waals surface area contributed by atoms with Gasteiger partial charge in [0, 0.05) is 39.0 Å². The van der Waals surface area contributed by atoms with Gasteiger partial charge in [-0.2, -0.15) is 0 Å². The summed E-state index contributed by atoms with van der Waals surface area (Å²) in [5, 5.41) is 0.241. The molecule has 2 aromatic heterocycles. The van der Waals surface area contributed by atoms with Crippen molar-refractivity contribution in [2.24, 2.45) is 0 Å². The first-order chi connectivity index (χ1) is 28.3. The quantitative estimate of drug-likeness (QED) is 0.184. The van der Waals surface area contributed by atoms with E-state index in [1.54, 1.807) is 6.07 Å². The number of anilines is 3. The van der Waals surface area contributed by atoms with Gasteiger partial charge in [0.2, 0.25) is 5.89 Å². The molecule has 0 bridgehead atoms. The highest BCUT2D eigenvalue weighted by Crippen LogP contribution is 2.53. The largest absolute Gasteiger partial charge is 0.456 e. The lowest BCUT2D eigenvalue weighted by atomic mass is 9.82. The number of benzene rings is 7. The van der Waals surface area contributed by atoms with Crippen LogP contribution in [-0.4, -0.2) is 4.98 Å². The number of para-hydroxylation sites is 3. The number of rotatable bonds is 4. The molecule has 0 atom stereocenters. The predicted octanol–water partition coefficient (Wildman–Crippen LogP) is 13.5. The van der Waals surface area contributed by atoms with Gasteiger partial charge >= 0.3 is 0 Å². The lowest BCUT2D eigenvalue weighted by molar-refractivity contribution is 0.620. The van der Waals surface area contributed by atoms with Crippen LogP contribution >= 0.6 is 0 Å². The van der Waals surface area contributed by atoms with E-state index >= 15 is 0 Å². The molecule has 0 amide bonds. The van der Waals surface area contributed by atoms with E-state index in [1.807, 2.05) is 35.2 Å². The van der Waals surface area contributed by atoms with Gasteiger partial charge in [-0.3, -0.25) is 0 Å². The van der Waals surface area contributed by atoms with E-state index < -0.39 is 12.1 Å². The highest BCUT2D eigenvalue weighted by Gasteiger charge is 2.38. The topological polar surface area (TPSA) is 42.4 Å². The smallest absolute Gasteiger partial charge is 0.228 e. The van der Waals surface area contributed by atoms with Gasteiger partial charge in [-0.05, 0) is 93.0 Å². The van der Waals surface area contributed by atoms with Crippen LogP contribution in [0.5, 0.6) is 0 Å². The van der Waals surface area contributed by atoms with Crippen LogP contribution in [0.15, 0.2) is 154 Å². The van der Waals surface area contributed by atoms with Crippen molar-refractivity contribution in [2.75, 3.05) is 4.90 Å². The lowest BCUT2D eigenvalue weighted by Crippen LogP contribution is -2.18. The first-order valence-corrected chi connectivity index (χ1v) is 17.9. The van der Waals surface area contributed by atoms with Crippen LogP contribution in [0.4, 0.5) is 17.1 Å². The van der Waals surface area contributed by atoms with Crippen molar-refractivity contribution in [1.82, 2.24) is 4.98 Å². The first-order valence-electron chi connectivity index (χ1n) is 20.9. The minimum Gasteiger partial charge on any atom is -0.456 e. The van der Waals surface area contributed by atoms with Crippen molar-refractivity contribution in [3.63, 3.8) is 0 Å². The Kier molecular flexibility index (Phi) is 4.94. The van der Waals surface area contributed by atoms with Crippen LogP contribution in [0.3, 0.4) is 0 Å². The molecule has 0 saturated heterocycles. The SMILES string of the molecule is [2H]c1c([2H])c([2H])c2c(oc3c([2H])c(N(c4ccc5c(c4)C(C)(C)c4ccccc4-5)c4ccc5c(c4)C(C)(C)c4ccccc4-5)c([2H])c(-c4nc5ccccc5o4)c32)c1[2H]. The first kappa shape index (κ1) is 24.7. The Bertz CT molecular complexity index is 3180. The second kappa shape index (κ2) is 10.6. The summed E-state index contributed by atoms with van der Waals surface area (Å²) in [6.07, 6.45) is 0. The summed E-state index contributed by atoms with van der Waals surface area (Å²) >= 11 is 0. The molecule has 0 N–H and O–H groups in total. The van der Waals surface area contributed by atoms with Gasteiger partial charge in [-0.25, -0.2) is 4.98 Å². The van der Waals surface area contributed by atoms with E-state index in [1.165, 1.54) is 22.3 Å². The van der Waals surface area contributed by atoms with Crippen molar-refractivity contribution < 1.29 is 17.1 Å². The number of nitrogens with zero attached hydrogens (tertiary/aromatic N) is 2. The molecule has 0 spiro atoms. The van der Waals surface area contributed by atoms with Crippen molar-refractivity contribution in [2.45, 2.75) is 38.5 Å². The number of oxazole rings is 1. The molecule has 0 fully saturated rings. The molecular weight excluding hydrogens is 649 g/mol. The molecule has 7 aromatic carbocycles. The van der Waals surface area contributed by atoms with Crippen molar-refractivity contribution >= 4 is 50.1 Å². The van der Waals surface area contributed by atoms with Gasteiger partial charge in [0.25, 0.3) is 0 Å². The van der Waals surface area contributed by atoms with E-state index in [2.05, 4.69) is 100 Å². The summed E-state index contributed by atoms with van der Waals surface area (Å²) < 4.78 is 67.9. The van der Waals surface area contributed by atoms with E-state index in [0.29, 0.717) is 11.1 Å². The second-order valence-corrected chi connectivity index (χ2v) is 15.1. The average molecular weight is 691 g/mol. The fraction of sp³-hybridized carbons (Fsp3) is 0.122. The third-order valence-corrected chi connectivity index (χ3v) is 11.4. The summed E-state index contributed by atoms with van der Waals surface area (Å²) in [4.78, 5) is 6.77. The number of furan rings is 1. The maximum absolute atomic E-state index is 10.2. The van der Waals surface area contributed by atoms with Gasteiger partial charge in [0.05, 0.1) is 19.5 Å².